The monoisotopic (exact) mass is 566 g/mol. The van der Waals surface area contributed by atoms with Gasteiger partial charge >= 0.3 is 10.3 Å². The molecule has 3 heterocycles. The van der Waals surface area contributed by atoms with E-state index in [2.05, 4.69) is 14.5 Å². The number of ether oxygens (including phenoxy) is 1. The van der Waals surface area contributed by atoms with Crippen molar-refractivity contribution < 1.29 is 27.2 Å². The van der Waals surface area contributed by atoms with E-state index in [0.29, 0.717) is 35.2 Å². The molecule has 0 radical (unpaired) electrons. The van der Waals surface area contributed by atoms with Gasteiger partial charge in [-0.2, -0.15) is 8.42 Å². The molecule has 0 saturated heterocycles. The van der Waals surface area contributed by atoms with Crippen LogP contribution in [-0.4, -0.2) is 62.6 Å². The van der Waals surface area contributed by atoms with E-state index in [1.807, 2.05) is 29.6 Å². The number of halogens is 1. The summed E-state index contributed by atoms with van der Waals surface area (Å²) in [5.41, 5.74) is 3.10. The Kier molecular flexibility index (Phi) is 7.68. The number of nitrogens with zero attached hydrogens (tertiary/aromatic N) is 2. The first-order valence-corrected chi connectivity index (χ1v) is 14.5. The fourth-order valence-corrected chi connectivity index (χ4v) is 6.35. The van der Waals surface area contributed by atoms with Crippen molar-refractivity contribution in [2.24, 2.45) is 16.0 Å². The Bertz CT molecular complexity index is 1340. The lowest BCUT2D eigenvalue weighted by molar-refractivity contribution is 0.0700. The van der Waals surface area contributed by atoms with E-state index in [4.69, 9.17) is 21.5 Å². The second-order valence-corrected chi connectivity index (χ2v) is 11.8. The Labute approximate surface area is 224 Å². The highest BCUT2D eigenvalue weighted by atomic mass is 35.5. The lowest BCUT2D eigenvalue weighted by Gasteiger charge is -2.28. The van der Waals surface area contributed by atoms with Gasteiger partial charge in [-0.1, -0.05) is 17.7 Å². The summed E-state index contributed by atoms with van der Waals surface area (Å²) in [6.45, 7) is 0.542. The zero-order chi connectivity index (χ0) is 26.2. The third-order valence-corrected chi connectivity index (χ3v) is 8.37. The summed E-state index contributed by atoms with van der Waals surface area (Å²) in [5.74, 6) is -0.0441. The number of hydrogen-bond acceptors (Lipinski definition) is 9. The van der Waals surface area contributed by atoms with Gasteiger partial charge in [0.1, 0.15) is 18.6 Å². The summed E-state index contributed by atoms with van der Waals surface area (Å²) in [5, 5.41) is 21.1. The number of aliphatic hydroxyl groups excluding tert-OH is 1. The minimum Gasteiger partial charge on any atom is -0.393 e. The van der Waals surface area contributed by atoms with Gasteiger partial charge in [0.2, 0.25) is 0 Å². The zero-order valence-electron chi connectivity index (χ0n) is 19.7. The number of hydrogen-bond donors (Lipinski definition) is 3. The molecule has 2 aliphatic heterocycles. The molecule has 1 unspecified atom stereocenters. The summed E-state index contributed by atoms with van der Waals surface area (Å²) in [7, 11) is -4.08. The van der Waals surface area contributed by atoms with Crippen LogP contribution >= 0.6 is 22.9 Å². The van der Waals surface area contributed by atoms with E-state index in [-0.39, 0.29) is 31.3 Å². The van der Waals surface area contributed by atoms with Gasteiger partial charge in [-0.3, -0.25) is 18.9 Å². The number of nitrogens with one attached hydrogen (secondary N) is 1. The standard InChI is InChI=1S/C24H27ClN4O6S2/c25-17-2-1-14-4-6-34-23(19(14)9-17)16-8-21(36-12-16)24(31)29-13-27-5-3-22(29)28-18-7-15(20(30)10-18)11-35-37(26,32)33/h1-3,5,8-9,12,15,18,20,23,28,30H,4,6-7,10-11,13H2,(H2,26,32,33)/t15-,18-,20+,23?/m1/s1. The van der Waals surface area contributed by atoms with Crippen LogP contribution < -0.4 is 10.5 Å². The van der Waals surface area contributed by atoms with E-state index in [0.717, 1.165) is 17.5 Å². The smallest absolute Gasteiger partial charge is 0.333 e. The van der Waals surface area contributed by atoms with Crippen molar-refractivity contribution in [3.05, 3.63) is 68.1 Å². The Morgan fingerprint density at radius 2 is 2.19 bits per heavy atom. The third-order valence-electron chi connectivity index (χ3n) is 6.73. The van der Waals surface area contributed by atoms with Crippen LogP contribution in [0.2, 0.25) is 5.02 Å². The zero-order valence-corrected chi connectivity index (χ0v) is 22.1. The maximum Gasteiger partial charge on any atom is 0.333 e. The molecule has 1 aliphatic carbocycles. The first kappa shape index (κ1) is 26.3. The van der Waals surface area contributed by atoms with Crippen LogP contribution in [0.3, 0.4) is 0 Å². The quantitative estimate of drug-likeness (QED) is 0.466. The lowest BCUT2D eigenvalue weighted by Crippen LogP contribution is -2.41. The van der Waals surface area contributed by atoms with Crippen LogP contribution in [0.1, 0.15) is 45.3 Å². The van der Waals surface area contributed by atoms with E-state index < -0.39 is 22.3 Å². The molecule has 4 atom stereocenters. The number of aliphatic imine (C=N–C) groups is 1. The van der Waals surface area contributed by atoms with Gasteiger partial charge < -0.3 is 15.2 Å². The number of amides is 1. The summed E-state index contributed by atoms with van der Waals surface area (Å²) in [4.78, 5) is 19.8. The van der Waals surface area contributed by atoms with Crippen molar-refractivity contribution in [3.8, 4) is 0 Å². The Morgan fingerprint density at radius 1 is 1.35 bits per heavy atom. The van der Waals surface area contributed by atoms with Crippen LogP contribution in [-0.2, 0) is 25.6 Å². The lowest BCUT2D eigenvalue weighted by atomic mass is 9.94. The largest absolute Gasteiger partial charge is 0.393 e. The Morgan fingerprint density at radius 3 is 3.00 bits per heavy atom. The van der Waals surface area contributed by atoms with Crippen LogP contribution in [0.4, 0.5) is 0 Å². The van der Waals surface area contributed by atoms with Gasteiger partial charge in [-0.05, 0) is 65.6 Å². The number of aliphatic hydroxyl groups is 1. The van der Waals surface area contributed by atoms with E-state index in [1.54, 1.807) is 17.2 Å². The molecule has 10 nitrogen and oxygen atoms in total. The van der Waals surface area contributed by atoms with Crippen LogP contribution in [0.5, 0.6) is 0 Å². The number of fused-ring (bicyclic) bond motifs is 1. The third kappa shape index (κ3) is 6.06. The number of allylic oxidation sites excluding steroid dienone is 1. The molecule has 1 aromatic carbocycles. The first-order chi connectivity index (χ1) is 17.7. The first-order valence-electron chi connectivity index (χ1n) is 11.8. The van der Waals surface area contributed by atoms with Crippen LogP contribution in [0.15, 0.2) is 46.5 Å². The average molecular weight is 567 g/mol. The predicted molar refractivity (Wildman–Crippen MR) is 140 cm³/mol. The van der Waals surface area contributed by atoms with Gasteiger partial charge in [0.25, 0.3) is 5.91 Å². The predicted octanol–water partition coefficient (Wildman–Crippen LogP) is 2.34. The highest BCUT2D eigenvalue weighted by molar-refractivity contribution is 7.84. The molecule has 1 amide bonds. The number of carbonyl (C=O) groups is 1. The van der Waals surface area contributed by atoms with E-state index >= 15 is 0 Å². The minimum absolute atomic E-state index is 0.149. The topological polar surface area (TPSA) is 144 Å². The van der Waals surface area contributed by atoms with Gasteiger partial charge in [0.15, 0.2) is 0 Å². The van der Waals surface area contributed by atoms with Crippen LogP contribution in [0, 0.1) is 5.92 Å². The fraction of sp³-hybridized carbons (Fsp3) is 0.417. The Balaban J connectivity index is 1.27. The number of nitrogens with two attached hydrogens (primary N) is 1. The fourth-order valence-electron chi connectivity index (χ4n) is 4.93. The molecule has 13 heteroatoms. The second kappa shape index (κ2) is 10.8. The molecule has 37 heavy (non-hydrogen) atoms. The van der Waals surface area contributed by atoms with Gasteiger partial charge in [0, 0.05) is 23.2 Å². The molecule has 3 aliphatic rings. The average Bonchev–Trinajstić information content (AvgIpc) is 3.48. The van der Waals surface area contributed by atoms with E-state index in [9.17, 15) is 18.3 Å². The molecular formula is C24H27ClN4O6S2. The second-order valence-electron chi connectivity index (χ2n) is 9.26. The molecule has 0 spiro atoms. The normalized spacial score (nSPS) is 25.6. The maximum absolute atomic E-state index is 13.5. The van der Waals surface area contributed by atoms with Crippen molar-refractivity contribution in [1.29, 1.82) is 0 Å². The SMILES string of the molecule is NS(=O)(=O)OC[C@H]1C[C@@H](NC2=CC=NCN2C(=O)c2cc(C3OCCc4ccc(Cl)cc43)cs2)C[C@@H]1O. The molecular weight excluding hydrogens is 540 g/mol. The number of rotatable bonds is 7. The molecule has 1 saturated carbocycles. The Hall–Kier alpha value is -2.32. The van der Waals surface area contributed by atoms with Crippen molar-refractivity contribution in [3.63, 3.8) is 0 Å². The molecule has 2 aromatic rings. The van der Waals surface area contributed by atoms with Crippen molar-refractivity contribution in [1.82, 2.24) is 10.2 Å². The number of benzene rings is 1. The summed E-state index contributed by atoms with van der Waals surface area (Å²) in [6.07, 6.45) is 3.93. The molecule has 1 fully saturated rings. The molecule has 5 rings (SSSR count). The molecule has 1 aromatic heterocycles. The summed E-state index contributed by atoms with van der Waals surface area (Å²) < 4.78 is 32.9. The molecule has 4 N–H and O–H groups in total. The van der Waals surface area contributed by atoms with Crippen molar-refractivity contribution >= 4 is 45.4 Å². The van der Waals surface area contributed by atoms with Crippen molar-refractivity contribution in [2.75, 3.05) is 19.9 Å². The number of carbonyl (C=O) groups excluding carboxylic acids is 1. The van der Waals surface area contributed by atoms with Gasteiger partial charge in [0.05, 0.1) is 24.2 Å². The summed E-state index contributed by atoms with van der Waals surface area (Å²) in [6, 6.07) is 7.48. The number of thiophene rings is 1. The summed E-state index contributed by atoms with van der Waals surface area (Å²) >= 11 is 7.57. The van der Waals surface area contributed by atoms with Gasteiger partial charge in [-0.25, -0.2) is 5.14 Å². The van der Waals surface area contributed by atoms with Crippen molar-refractivity contribution in [2.45, 2.75) is 37.5 Å². The highest BCUT2D eigenvalue weighted by Gasteiger charge is 2.36. The van der Waals surface area contributed by atoms with E-state index in [1.165, 1.54) is 16.9 Å². The minimum atomic E-state index is -4.08. The van der Waals surface area contributed by atoms with Crippen LogP contribution in [0.25, 0.3) is 0 Å². The van der Waals surface area contributed by atoms with Gasteiger partial charge in [-0.15, -0.1) is 11.3 Å². The molecule has 0 bridgehead atoms. The maximum atomic E-state index is 13.5. The highest BCUT2D eigenvalue weighted by Crippen LogP contribution is 2.37. The molecule has 198 valence electrons.